The average molecular weight is 148 g/mol. The molecule has 1 unspecified atom stereocenters. The first-order chi connectivity index (χ1) is 4.66. The van der Waals surface area contributed by atoms with Crippen molar-refractivity contribution in [1.29, 1.82) is 0 Å². The number of rotatable bonds is 5. The molecule has 0 aliphatic carbocycles. The zero-order chi connectivity index (χ0) is 7.98. The molecule has 0 aliphatic rings. The van der Waals surface area contributed by atoms with Gasteiger partial charge in [-0.2, -0.15) is 0 Å². The second kappa shape index (κ2) is 5.20. The Hall–Kier alpha value is -0.610. The van der Waals surface area contributed by atoms with Gasteiger partial charge in [-0.15, -0.1) is 0 Å². The maximum absolute atomic E-state index is 9.93. The monoisotopic (exact) mass is 148 g/mol. The lowest BCUT2D eigenvalue weighted by molar-refractivity contribution is -0.162. The molecule has 0 aromatic carbocycles. The number of aliphatic carboxylic acids is 1. The number of hydrogen-bond acceptors (Lipinski definition) is 3. The zero-order valence-corrected chi connectivity index (χ0v) is 6.16. The topological polar surface area (TPSA) is 55.8 Å². The molecule has 4 nitrogen and oxygen atoms in total. The molecule has 0 radical (unpaired) electrons. The summed E-state index contributed by atoms with van der Waals surface area (Å²) in [5, 5.41) is 8.15. The summed E-state index contributed by atoms with van der Waals surface area (Å²) in [6.07, 6.45) is -0.430. The Bertz CT molecular complexity index is 102. The van der Waals surface area contributed by atoms with Crippen molar-refractivity contribution in [3.8, 4) is 0 Å². The smallest absolute Gasteiger partial charge is 0.329 e. The highest BCUT2D eigenvalue weighted by Crippen LogP contribution is 1.91. The molecule has 10 heavy (non-hydrogen) atoms. The van der Waals surface area contributed by atoms with E-state index >= 15 is 0 Å². The lowest BCUT2D eigenvalue weighted by Crippen LogP contribution is -2.17. The Labute approximate surface area is 59.7 Å². The van der Waals surface area contributed by atoms with Crippen LogP contribution < -0.4 is 0 Å². The molecule has 4 heteroatoms. The quantitative estimate of drug-likeness (QED) is 0.576. The maximum atomic E-state index is 9.93. The fourth-order valence-electron chi connectivity index (χ4n) is 0.471. The SMILES string of the molecule is CCOC(C)OCC(=O)O. The van der Waals surface area contributed by atoms with Crippen LogP contribution in [0.25, 0.3) is 0 Å². The van der Waals surface area contributed by atoms with Crippen LogP contribution in [0.1, 0.15) is 13.8 Å². The molecule has 0 aromatic heterocycles. The van der Waals surface area contributed by atoms with Crippen LogP contribution in [-0.2, 0) is 14.3 Å². The Balaban J connectivity index is 3.21. The third-order valence-electron chi connectivity index (χ3n) is 0.843. The van der Waals surface area contributed by atoms with E-state index in [-0.39, 0.29) is 6.61 Å². The van der Waals surface area contributed by atoms with E-state index in [1.807, 2.05) is 6.92 Å². The molecule has 0 aromatic rings. The van der Waals surface area contributed by atoms with Crippen LogP contribution in [-0.4, -0.2) is 30.6 Å². The predicted molar refractivity (Wildman–Crippen MR) is 34.7 cm³/mol. The van der Waals surface area contributed by atoms with Crippen molar-refractivity contribution < 1.29 is 19.4 Å². The molecule has 1 atom stereocenters. The van der Waals surface area contributed by atoms with Crippen LogP contribution in [0.2, 0.25) is 0 Å². The molecule has 0 aliphatic heterocycles. The number of carboxylic acid groups (broad SMARTS) is 1. The van der Waals surface area contributed by atoms with Crippen molar-refractivity contribution in [2.24, 2.45) is 0 Å². The Morgan fingerprint density at radius 3 is 2.60 bits per heavy atom. The third-order valence-corrected chi connectivity index (χ3v) is 0.843. The van der Waals surface area contributed by atoms with E-state index in [2.05, 4.69) is 0 Å². The minimum Gasteiger partial charge on any atom is -0.480 e. The number of hydrogen-bond donors (Lipinski definition) is 1. The standard InChI is InChI=1S/C6H12O4/c1-3-9-5(2)10-4-6(7)8/h5H,3-4H2,1-2H3,(H,7,8). The molecule has 0 heterocycles. The number of carboxylic acids is 1. The van der Waals surface area contributed by atoms with Crippen molar-refractivity contribution in [3.63, 3.8) is 0 Å². The van der Waals surface area contributed by atoms with Crippen molar-refractivity contribution in [3.05, 3.63) is 0 Å². The van der Waals surface area contributed by atoms with Crippen molar-refractivity contribution >= 4 is 5.97 Å². The zero-order valence-electron chi connectivity index (χ0n) is 6.16. The highest BCUT2D eigenvalue weighted by molar-refractivity contribution is 5.67. The molecule has 0 amide bonds. The predicted octanol–water partition coefficient (Wildman–Crippen LogP) is 0.470. The van der Waals surface area contributed by atoms with Crippen LogP contribution in [0.3, 0.4) is 0 Å². The third kappa shape index (κ3) is 5.53. The van der Waals surface area contributed by atoms with E-state index in [1.165, 1.54) is 0 Å². The highest BCUT2D eigenvalue weighted by Gasteiger charge is 2.02. The van der Waals surface area contributed by atoms with Crippen LogP contribution in [0.15, 0.2) is 0 Å². The minimum atomic E-state index is -0.980. The molecule has 0 fully saturated rings. The first-order valence-corrected chi connectivity index (χ1v) is 3.11. The van der Waals surface area contributed by atoms with Gasteiger partial charge in [0.1, 0.15) is 6.61 Å². The lowest BCUT2D eigenvalue weighted by Gasteiger charge is -2.09. The van der Waals surface area contributed by atoms with Gasteiger partial charge in [-0.1, -0.05) is 0 Å². The fraction of sp³-hybridized carbons (Fsp3) is 0.833. The van der Waals surface area contributed by atoms with E-state index in [9.17, 15) is 4.79 Å². The molecule has 60 valence electrons. The summed E-state index contributed by atoms with van der Waals surface area (Å²) in [5.41, 5.74) is 0. The molecule has 0 saturated heterocycles. The second-order valence-electron chi connectivity index (χ2n) is 1.73. The molecule has 1 N–H and O–H groups in total. The normalized spacial score (nSPS) is 13.0. The van der Waals surface area contributed by atoms with Gasteiger partial charge in [0.05, 0.1) is 0 Å². The Kier molecular flexibility index (Phi) is 4.88. The molecular formula is C6H12O4. The van der Waals surface area contributed by atoms with E-state index in [0.717, 1.165) is 0 Å². The van der Waals surface area contributed by atoms with E-state index < -0.39 is 12.3 Å². The van der Waals surface area contributed by atoms with Gasteiger partial charge in [0.25, 0.3) is 0 Å². The van der Waals surface area contributed by atoms with Crippen molar-refractivity contribution in [2.45, 2.75) is 20.1 Å². The largest absolute Gasteiger partial charge is 0.480 e. The first-order valence-electron chi connectivity index (χ1n) is 3.11. The summed E-state index contributed by atoms with van der Waals surface area (Å²) in [6.45, 7) is 3.70. The summed E-state index contributed by atoms with van der Waals surface area (Å²) >= 11 is 0. The van der Waals surface area contributed by atoms with E-state index in [0.29, 0.717) is 6.61 Å². The van der Waals surface area contributed by atoms with Crippen molar-refractivity contribution in [2.75, 3.05) is 13.2 Å². The van der Waals surface area contributed by atoms with Gasteiger partial charge in [-0.25, -0.2) is 4.79 Å². The molecule has 0 saturated carbocycles. The molecule has 0 bridgehead atoms. The van der Waals surface area contributed by atoms with Gasteiger partial charge >= 0.3 is 5.97 Å². The Morgan fingerprint density at radius 2 is 2.20 bits per heavy atom. The van der Waals surface area contributed by atoms with Gasteiger partial charge in [0.15, 0.2) is 6.29 Å². The lowest BCUT2D eigenvalue weighted by atomic mass is 10.7. The molecule has 0 rings (SSSR count). The van der Waals surface area contributed by atoms with E-state index in [4.69, 9.17) is 14.6 Å². The van der Waals surface area contributed by atoms with Gasteiger partial charge in [0, 0.05) is 6.61 Å². The Morgan fingerprint density at radius 1 is 1.60 bits per heavy atom. The highest BCUT2D eigenvalue weighted by atomic mass is 16.7. The van der Waals surface area contributed by atoms with E-state index in [1.54, 1.807) is 6.92 Å². The summed E-state index contributed by atoms with van der Waals surface area (Å²) < 4.78 is 9.63. The van der Waals surface area contributed by atoms with Crippen LogP contribution in [0, 0.1) is 0 Å². The van der Waals surface area contributed by atoms with Crippen LogP contribution in [0.5, 0.6) is 0 Å². The van der Waals surface area contributed by atoms with Crippen LogP contribution >= 0.6 is 0 Å². The van der Waals surface area contributed by atoms with Gasteiger partial charge in [-0.3, -0.25) is 0 Å². The maximum Gasteiger partial charge on any atom is 0.329 e. The van der Waals surface area contributed by atoms with Gasteiger partial charge in [-0.05, 0) is 13.8 Å². The summed E-state index contributed by atoms with van der Waals surface area (Å²) in [5.74, 6) is -0.980. The first kappa shape index (κ1) is 9.39. The van der Waals surface area contributed by atoms with Gasteiger partial charge in [0.2, 0.25) is 0 Å². The second-order valence-corrected chi connectivity index (χ2v) is 1.73. The summed E-state index contributed by atoms with van der Waals surface area (Å²) in [6, 6.07) is 0. The summed E-state index contributed by atoms with van der Waals surface area (Å²) in [4.78, 5) is 9.93. The molecular weight excluding hydrogens is 136 g/mol. The number of ether oxygens (including phenoxy) is 2. The summed E-state index contributed by atoms with van der Waals surface area (Å²) in [7, 11) is 0. The van der Waals surface area contributed by atoms with Crippen LogP contribution in [0.4, 0.5) is 0 Å². The van der Waals surface area contributed by atoms with Gasteiger partial charge < -0.3 is 14.6 Å². The fourth-order valence-corrected chi connectivity index (χ4v) is 0.471. The minimum absolute atomic E-state index is 0.304. The molecule has 0 spiro atoms. The van der Waals surface area contributed by atoms with Crippen molar-refractivity contribution in [1.82, 2.24) is 0 Å². The average Bonchev–Trinajstić information content (AvgIpc) is 1.85. The number of carbonyl (C=O) groups is 1.